The van der Waals surface area contributed by atoms with Crippen molar-refractivity contribution in [1.29, 1.82) is 0 Å². The van der Waals surface area contributed by atoms with Gasteiger partial charge in [-0.25, -0.2) is 13.4 Å². The van der Waals surface area contributed by atoms with Crippen molar-refractivity contribution in [1.82, 2.24) is 4.98 Å². The highest BCUT2D eigenvalue weighted by molar-refractivity contribution is 7.92. The smallest absolute Gasteiger partial charge is 0.257 e. The summed E-state index contributed by atoms with van der Waals surface area (Å²) in [5.41, 5.74) is 1.19. The number of ether oxygens (including phenoxy) is 2. The zero-order chi connectivity index (χ0) is 19.3. The molecular weight excluding hydrogens is 370 g/mol. The monoisotopic (exact) mass is 391 g/mol. The number of carbonyl (C=O) groups is 1. The van der Waals surface area contributed by atoms with Crippen LogP contribution in [0.3, 0.4) is 0 Å². The molecule has 2 aromatic rings. The molecule has 0 aliphatic carbocycles. The van der Waals surface area contributed by atoms with Gasteiger partial charge in [-0.05, 0) is 37.1 Å². The number of anilines is 2. The molecule has 2 heterocycles. The van der Waals surface area contributed by atoms with Crippen LogP contribution in [0.1, 0.15) is 23.2 Å². The molecule has 0 bridgehead atoms. The van der Waals surface area contributed by atoms with Crippen LogP contribution in [-0.2, 0) is 14.8 Å². The molecule has 1 saturated heterocycles. The maximum absolute atomic E-state index is 12.3. The van der Waals surface area contributed by atoms with Crippen LogP contribution in [0.2, 0.25) is 0 Å². The van der Waals surface area contributed by atoms with Gasteiger partial charge in [0.25, 0.3) is 5.91 Å². The van der Waals surface area contributed by atoms with Gasteiger partial charge in [0, 0.05) is 24.6 Å². The van der Waals surface area contributed by atoms with E-state index in [-0.39, 0.29) is 12.0 Å². The Bertz CT molecular complexity index is 893. The highest BCUT2D eigenvalue weighted by Gasteiger charge is 2.16. The van der Waals surface area contributed by atoms with E-state index in [0.717, 1.165) is 25.7 Å². The van der Waals surface area contributed by atoms with Crippen molar-refractivity contribution < 1.29 is 22.7 Å². The molecule has 1 fully saturated rings. The normalized spacial score (nSPS) is 16.7. The first-order valence-corrected chi connectivity index (χ1v) is 10.4. The predicted molar refractivity (Wildman–Crippen MR) is 102 cm³/mol. The lowest BCUT2D eigenvalue weighted by Crippen LogP contribution is -2.17. The summed E-state index contributed by atoms with van der Waals surface area (Å²) >= 11 is 0. The third-order valence-corrected chi connectivity index (χ3v) is 4.47. The first-order valence-electron chi connectivity index (χ1n) is 8.49. The van der Waals surface area contributed by atoms with Crippen molar-refractivity contribution in [2.75, 3.05) is 29.5 Å². The fourth-order valence-electron chi connectivity index (χ4n) is 2.63. The number of nitrogens with one attached hydrogen (secondary N) is 2. The standard InChI is InChI=1S/C18H21N3O5S/c1-27(23,24)21-15-5-2-4-14(10-15)20-18(22)13-7-8-17(19-11-13)26-12-16-6-3-9-25-16/h2,4-5,7-8,10-11,16,21H,3,6,9,12H2,1H3,(H,20,22)/t16-/m0/s1. The lowest BCUT2D eigenvalue weighted by atomic mass is 10.2. The van der Waals surface area contributed by atoms with Crippen LogP contribution in [0, 0.1) is 0 Å². The summed E-state index contributed by atoms with van der Waals surface area (Å²) in [6, 6.07) is 9.68. The number of hydrogen-bond acceptors (Lipinski definition) is 6. The fraction of sp³-hybridized carbons (Fsp3) is 0.333. The second-order valence-corrected chi connectivity index (χ2v) is 7.99. The number of aromatic nitrogens is 1. The van der Waals surface area contributed by atoms with Crippen LogP contribution in [0.25, 0.3) is 0 Å². The predicted octanol–water partition coefficient (Wildman–Crippen LogP) is 2.26. The third kappa shape index (κ3) is 5.93. The van der Waals surface area contributed by atoms with Crippen LogP contribution >= 0.6 is 0 Å². The largest absolute Gasteiger partial charge is 0.475 e. The van der Waals surface area contributed by atoms with Gasteiger partial charge in [0.1, 0.15) is 6.61 Å². The molecule has 1 aliphatic heterocycles. The molecule has 3 rings (SSSR count). The third-order valence-electron chi connectivity index (χ3n) is 3.86. The van der Waals surface area contributed by atoms with E-state index in [9.17, 15) is 13.2 Å². The minimum atomic E-state index is -3.39. The summed E-state index contributed by atoms with van der Waals surface area (Å²) in [7, 11) is -3.39. The Labute approximate surface area is 158 Å². The van der Waals surface area contributed by atoms with E-state index in [2.05, 4.69) is 15.0 Å². The van der Waals surface area contributed by atoms with Crippen molar-refractivity contribution in [3.63, 3.8) is 0 Å². The molecule has 9 heteroatoms. The Morgan fingerprint density at radius 2 is 2.11 bits per heavy atom. The van der Waals surface area contributed by atoms with Gasteiger partial charge in [-0.15, -0.1) is 0 Å². The number of rotatable bonds is 7. The van der Waals surface area contributed by atoms with E-state index < -0.39 is 10.0 Å². The second kappa shape index (κ2) is 8.36. The summed E-state index contributed by atoms with van der Waals surface area (Å²) in [5, 5.41) is 2.71. The number of benzene rings is 1. The van der Waals surface area contributed by atoms with Gasteiger partial charge in [0.05, 0.1) is 23.6 Å². The number of hydrogen-bond donors (Lipinski definition) is 2. The maximum atomic E-state index is 12.3. The zero-order valence-electron chi connectivity index (χ0n) is 14.8. The summed E-state index contributed by atoms with van der Waals surface area (Å²) in [6.07, 6.45) is 4.61. The van der Waals surface area contributed by atoms with E-state index in [1.54, 1.807) is 30.3 Å². The molecule has 144 valence electrons. The topological polar surface area (TPSA) is 107 Å². The average molecular weight is 391 g/mol. The number of pyridine rings is 1. The molecule has 1 aromatic carbocycles. The van der Waals surface area contributed by atoms with Gasteiger partial charge in [-0.1, -0.05) is 6.07 Å². The first-order chi connectivity index (χ1) is 12.9. The van der Waals surface area contributed by atoms with Crippen LogP contribution < -0.4 is 14.8 Å². The molecule has 0 unspecified atom stereocenters. The molecule has 0 radical (unpaired) electrons. The molecule has 27 heavy (non-hydrogen) atoms. The Hall–Kier alpha value is -2.65. The van der Waals surface area contributed by atoms with E-state index in [0.29, 0.717) is 29.4 Å². The Balaban J connectivity index is 1.58. The SMILES string of the molecule is CS(=O)(=O)Nc1cccc(NC(=O)c2ccc(OC[C@@H]3CCCO3)nc2)c1. The Morgan fingerprint density at radius 1 is 1.30 bits per heavy atom. The van der Waals surface area contributed by atoms with Crippen LogP contribution in [0.15, 0.2) is 42.6 Å². The minimum absolute atomic E-state index is 0.0996. The number of carbonyl (C=O) groups excluding carboxylic acids is 1. The van der Waals surface area contributed by atoms with Crippen LogP contribution in [0.4, 0.5) is 11.4 Å². The second-order valence-electron chi connectivity index (χ2n) is 6.24. The lowest BCUT2D eigenvalue weighted by molar-refractivity contribution is 0.0663. The van der Waals surface area contributed by atoms with E-state index >= 15 is 0 Å². The fourth-order valence-corrected chi connectivity index (χ4v) is 3.19. The molecule has 1 atom stereocenters. The molecule has 0 saturated carbocycles. The van der Waals surface area contributed by atoms with Gasteiger partial charge in [0.2, 0.25) is 15.9 Å². The van der Waals surface area contributed by atoms with Gasteiger partial charge in [0.15, 0.2) is 0 Å². The first kappa shape index (κ1) is 19.1. The molecule has 1 aliphatic rings. The van der Waals surface area contributed by atoms with Crippen molar-refractivity contribution >= 4 is 27.3 Å². The average Bonchev–Trinajstić information content (AvgIpc) is 3.13. The summed E-state index contributed by atoms with van der Waals surface area (Å²) in [5.74, 6) is 0.0751. The van der Waals surface area contributed by atoms with E-state index in [1.165, 1.54) is 12.3 Å². The highest BCUT2D eigenvalue weighted by Crippen LogP contribution is 2.18. The number of sulfonamides is 1. The molecule has 8 nitrogen and oxygen atoms in total. The maximum Gasteiger partial charge on any atom is 0.257 e. The zero-order valence-corrected chi connectivity index (χ0v) is 15.7. The van der Waals surface area contributed by atoms with Crippen molar-refractivity contribution in [2.45, 2.75) is 18.9 Å². The summed E-state index contributed by atoms with van der Waals surface area (Å²) in [6.45, 7) is 1.21. The minimum Gasteiger partial charge on any atom is -0.475 e. The quantitative estimate of drug-likeness (QED) is 0.750. The number of nitrogens with zero attached hydrogens (tertiary/aromatic N) is 1. The van der Waals surface area contributed by atoms with Gasteiger partial charge >= 0.3 is 0 Å². The van der Waals surface area contributed by atoms with Gasteiger partial charge < -0.3 is 14.8 Å². The molecule has 2 N–H and O–H groups in total. The van der Waals surface area contributed by atoms with Gasteiger partial charge in [-0.3, -0.25) is 9.52 Å². The Kier molecular flexibility index (Phi) is 5.92. The van der Waals surface area contributed by atoms with Crippen LogP contribution in [0.5, 0.6) is 5.88 Å². The highest BCUT2D eigenvalue weighted by atomic mass is 32.2. The number of amides is 1. The van der Waals surface area contributed by atoms with Crippen LogP contribution in [-0.4, -0.2) is 44.9 Å². The van der Waals surface area contributed by atoms with Crippen molar-refractivity contribution in [3.05, 3.63) is 48.2 Å². The van der Waals surface area contributed by atoms with E-state index in [1.807, 2.05) is 0 Å². The molecule has 0 spiro atoms. The summed E-state index contributed by atoms with van der Waals surface area (Å²) < 4.78 is 36.0. The summed E-state index contributed by atoms with van der Waals surface area (Å²) in [4.78, 5) is 16.5. The lowest BCUT2D eigenvalue weighted by Gasteiger charge is -2.11. The van der Waals surface area contributed by atoms with Crippen molar-refractivity contribution in [3.8, 4) is 5.88 Å². The molecule has 1 aromatic heterocycles. The molecular formula is C18H21N3O5S. The Morgan fingerprint density at radius 3 is 2.78 bits per heavy atom. The van der Waals surface area contributed by atoms with Gasteiger partial charge in [-0.2, -0.15) is 0 Å². The molecule has 1 amide bonds. The van der Waals surface area contributed by atoms with E-state index in [4.69, 9.17) is 9.47 Å². The van der Waals surface area contributed by atoms with Crippen molar-refractivity contribution in [2.24, 2.45) is 0 Å².